The Morgan fingerprint density at radius 2 is 2.00 bits per heavy atom. The van der Waals surface area contributed by atoms with Crippen LogP contribution in [0.15, 0.2) is 22.8 Å². The first-order valence-electron chi connectivity index (χ1n) is 9.30. The first kappa shape index (κ1) is 19.6. The fraction of sp³-hybridized carbons (Fsp3) is 0.650. The van der Waals surface area contributed by atoms with E-state index >= 15 is 0 Å². The number of carboxylic acid groups (broad SMARTS) is 1. The number of esters is 2. The van der Waals surface area contributed by atoms with E-state index < -0.39 is 41.1 Å². The number of aliphatic carboxylic acids is 1. The molecule has 1 heterocycles. The fourth-order valence-electron chi connectivity index (χ4n) is 4.97. The molecule has 27 heavy (non-hydrogen) atoms. The molecule has 3 aliphatic rings. The molecule has 0 bridgehead atoms. The van der Waals surface area contributed by atoms with Gasteiger partial charge in [0.25, 0.3) is 0 Å². The van der Waals surface area contributed by atoms with Gasteiger partial charge in [-0.15, -0.1) is 0 Å². The van der Waals surface area contributed by atoms with Crippen molar-refractivity contribution in [2.75, 3.05) is 0 Å². The lowest BCUT2D eigenvalue weighted by Crippen LogP contribution is -2.61. The molecule has 0 aromatic heterocycles. The molecule has 7 heteroatoms. The van der Waals surface area contributed by atoms with Crippen LogP contribution in [0.3, 0.4) is 0 Å². The van der Waals surface area contributed by atoms with Crippen molar-refractivity contribution < 1.29 is 34.1 Å². The van der Waals surface area contributed by atoms with Gasteiger partial charge in [-0.3, -0.25) is 4.79 Å². The molecule has 2 saturated carbocycles. The molecule has 2 N–H and O–H groups in total. The maximum absolute atomic E-state index is 12.5. The van der Waals surface area contributed by atoms with E-state index in [-0.39, 0.29) is 23.5 Å². The van der Waals surface area contributed by atoms with E-state index in [0.717, 1.165) is 0 Å². The van der Waals surface area contributed by atoms with Gasteiger partial charge in [0.05, 0.1) is 11.5 Å². The first-order chi connectivity index (χ1) is 12.6. The number of allylic oxidation sites excluding steroid dienone is 1. The minimum atomic E-state index is -1.85. The molecule has 0 spiro atoms. The number of rotatable bonds is 3. The minimum Gasteiger partial charge on any atom is -0.481 e. The molecule has 7 nitrogen and oxygen atoms in total. The number of aliphatic hydroxyl groups is 1. The van der Waals surface area contributed by atoms with Crippen LogP contribution in [-0.4, -0.2) is 40.0 Å². The van der Waals surface area contributed by atoms with Crippen LogP contribution in [0.4, 0.5) is 0 Å². The van der Waals surface area contributed by atoms with Crippen molar-refractivity contribution in [2.45, 2.75) is 65.3 Å². The van der Waals surface area contributed by atoms with Crippen LogP contribution in [-0.2, 0) is 23.9 Å². The Balaban J connectivity index is 2.17. The third-order valence-corrected chi connectivity index (χ3v) is 6.70. The molecular formula is C20H26O7. The number of ether oxygens (including phenoxy) is 2. The number of carbonyl (C=O) groups excluding carboxylic acids is 2. The van der Waals surface area contributed by atoms with Crippen molar-refractivity contribution in [3.8, 4) is 0 Å². The summed E-state index contributed by atoms with van der Waals surface area (Å²) in [4.78, 5) is 36.8. The normalized spacial score (nSPS) is 38.8. The monoisotopic (exact) mass is 378 g/mol. The lowest BCUT2D eigenvalue weighted by Gasteiger charge is -2.55. The zero-order valence-electron chi connectivity index (χ0n) is 16.1. The Morgan fingerprint density at radius 3 is 2.59 bits per heavy atom. The van der Waals surface area contributed by atoms with E-state index in [9.17, 15) is 24.6 Å². The maximum Gasteiger partial charge on any atom is 0.336 e. The van der Waals surface area contributed by atoms with Gasteiger partial charge in [-0.2, -0.15) is 0 Å². The average Bonchev–Trinajstić information content (AvgIpc) is 2.82. The lowest BCUT2D eigenvalue weighted by atomic mass is 9.51. The van der Waals surface area contributed by atoms with Gasteiger partial charge in [-0.1, -0.05) is 19.4 Å². The highest BCUT2D eigenvalue weighted by Gasteiger charge is 2.66. The molecule has 0 saturated heterocycles. The van der Waals surface area contributed by atoms with Gasteiger partial charge >= 0.3 is 17.9 Å². The molecule has 3 rings (SSSR count). The van der Waals surface area contributed by atoms with Gasteiger partial charge in [0.2, 0.25) is 5.79 Å². The summed E-state index contributed by atoms with van der Waals surface area (Å²) in [5.41, 5.74) is -0.195. The van der Waals surface area contributed by atoms with Crippen LogP contribution in [0, 0.1) is 17.3 Å². The molecule has 0 amide bonds. The molecule has 0 aromatic rings. The minimum absolute atomic E-state index is 0.113. The molecule has 2 fully saturated rings. The van der Waals surface area contributed by atoms with Crippen LogP contribution in [0.5, 0.6) is 0 Å². The second-order valence-corrected chi connectivity index (χ2v) is 8.06. The second kappa shape index (κ2) is 6.48. The van der Waals surface area contributed by atoms with Crippen LogP contribution in [0.1, 0.15) is 53.4 Å². The lowest BCUT2D eigenvalue weighted by molar-refractivity contribution is -0.228. The summed E-state index contributed by atoms with van der Waals surface area (Å²) >= 11 is 0. The Bertz CT molecular complexity index is 764. The number of fused-ring (bicyclic) bond motifs is 2. The van der Waals surface area contributed by atoms with E-state index in [1.54, 1.807) is 26.8 Å². The van der Waals surface area contributed by atoms with Crippen molar-refractivity contribution in [1.82, 2.24) is 0 Å². The van der Waals surface area contributed by atoms with E-state index in [4.69, 9.17) is 9.47 Å². The van der Waals surface area contributed by atoms with Gasteiger partial charge < -0.3 is 19.7 Å². The highest BCUT2D eigenvalue weighted by Crippen LogP contribution is 2.60. The van der Waals surface area contributed by atoms with Crippen molar-refractivity contribution in [1.29, 1.82) is 0 Å². The zero-order chi connectivity index (χ0) is 20.1. The Morgan fingerprint density at radius 1 is 1.33 bits per heavy atom. The molecule has 5 atom stereocenters. The summed E-state index contributed by atoms with van der Waals surface area (Å²) in [6.45, 7) is 6.61. The largest absolute Gasteiger partial charge is 0.481 e. The van der Waals surface area contributed by atoms with Crippen LogP contribution in [0.2, 0.25) is 0 Å². The zero-order valence-corrected chi connectivity index (χ0v) is 16.1. The predicted molar refractivity (Wildman–Crippen MR) is 94.2 cm³/mol. The number of carboxylic acids is 1. The van der Waals surface area contributed by atoms with E-state index in [1.807, 2.05) is 0 Å². The summed E-state index contributed by atoms with van der Waals surface area (Å²) in [5.74, 6) is -5.07. The summed E-state index contributed by atoms with van der Waals surface area (Å²) in [6, 6.07) is 0. The topological polar surface area (TPSA) is 110 Å². The summed E-state index contributed by atoms with van der Waals surface area (Å²) in [5, 5.41) is 20.9. The third kappa shape index (κ3) is 2.79. The third-order valence-electron chi connectivity index (χ3n) is 6.70. The van der Waals surface area contributed by atoms with Gasteiger partial charge in [-0.25, -0.2) is 9.59 Å². The van der Waals surface area contributed by atoms with Gasteiger partial charge in [0.1, 0.15) is 6.10 Å². The molecule has 2 aliphatic carbocycles. The summed E-state index contributed by atoms with van der Waals surface area (Å²) < 4.78 is 11.0. The summed E-state index contributed by atoms with van der Waals surface area (Å²) in [6.07, 6.45) is 2.48. The van der Waals surface area contributed by atoms with Crippen LogP contribution in [0.25, 0.3) is 0 Å². The van der Waals surface area contributed by atoms with Crippen molar-refractivity contribution in [3.63, 3.8) is 0 Å². The predicted octanol–water partition coefficient (Wildman–Crippen LogP) is 2.34. The second-order valence-electron chi connectivity index (χ2n) is 8.06. The Hall–Kier alpha value is -2.15. The van der Waals surface area contributed by atoms with Crippen molar-refractivity contribution in [2.24, 2.45) is 17.3 Å². The number of hydrogen-bond acceptors (Lipinski definition) is 6. The molecule has 0 radical (unpaired) electrons. The molecule has 0 aromatic carbocycles. The fourth-order valence-corrected chi connectivity index (χ4v) is 4.97. The quantitative estimate of drug-likeness (QED) is 0.573. The van der Waals surface area contributed by atoms with Crippen LogP contribution >= 0.6 is 0 Å². The smallest absolute Gasteiger partial charge is 0.336 e. The Labute approximate surface area is 158 Å². The molecule has 5 unspecified atom stereocenters. The van der Waals surface area contributed by atoms with Crippen molar-refractivity contribution in [3.05, 3.63) is 22.8 Å². The van der Waals surface area contributed by atoms with Gasteiger partial charge in [-0.05, 0) is 39.5 Å². The van der Waals surface area contributed by atoms with Crippen molar-refractivity contribution >= 4 is 17.9 Å². The van der Waals surface area contributed by atoms with Crippen LogP contribution < -0.4 is 0 Å². The SMILES string of the molecule is CC=C(C)C(=O)OC1C2=C(C)C(=O)OC2(O)CC2CCCC(C(=O)O)C21C. The van der Waals surface area contributed by atoms with E-state index in [2.05, 4.69) is 0 Å². The number of hydrogen-bond donors (Lipinski definition) is 2. The summed E-state index contributed by atoms with van der Waals surface area (Å²) in [7, 11) is 0. The van der Waals surface area contributed by atoms with E-state index in [1.165, 1.54) is 6.92 Å². The maximum atomic E-state index is 12.5. The molecule has 1 aliphatic heterocycles. The van der Waals surface area contributed by atoms with Gasteiger partial charge in [0.15, 0.2) is 0 Å². The average molecular weight is 378 g/mol. The molecule has 148 valence electrons. The highest BCUT2D eigenvalue weighted by molar-refractivity contribution is 5.93. The standard InChI is InChI=1S/C20H26O7/c1-5-10(2)17(23)26-15-14-11(3)18(24)27-20(14,25)9-12-7-6-8-13(16(21)22)19(12,15)4/h5,12-13,15,25H,6-9H2,1-4H3,(H,21,22). The molecular weight excluding hydrogens is 352 g/mol. The Kier molecular flexibility index (Phi) is 4.70. The van der Waals surface area contributed by atoms with Gasteiger partial charge in [0, 0.05) is 23.0 Å². The first-order valence-corrected chi connectivity index (χ1v) is 9.30. The van der Waals surface area contributed by atoms with E-state index in [0.29, 0.717) is 24.8 Å². The highest BCUT2D eigenvalue weighted by atomic mass is 16.7. The number of carbonyl (C=O) groups is 3.